The molecule has 0 aromatic heterocycles. The highest BCUT2D eigenvalue weighted by molar-refractivity contribution is 6.56. The summed E-state index contributed by atoms with van der Waals surface area (Å²) < 4.78 is 66.0. The first kappa shape index (κ1) is 47.8. The quantitative estimate of drug-likeness (QED) is 0.149. The lowest BCUT2D eigenvalue weighted by Crippen LogP contribution is -2.61. The summed E-state index contributed by atoms with van der Waals surface area (Å²) in [5.74, 6) is -7.31. The minimum atomic E-state index is -3.53. The van der Waals surface area contributed by atoms with Crippen LogP contribution < -0.4 is 5.73 Å². The van der Waals surface area contributed by atoms with Gasteiger partial charge in [0.1, 0.15) is 24.4 Å². The van der Waals surface area contributed by atoms with Crippen molar-refractivity contribution in [2.45, 2.75) is 225 Å². The molecule has 352 valence electrons. The maximum absolute atomic E-state index is 15.0. The molecule has 0 aromatic carbocycles. The molecule has 7 heterocycles. The summed E-state index contributed by atoms with van der Waals surface area (Å²) in [6, 6.07) is -0.902. The number of aliphatic hydroxyl groups excluding tert-OH is 2. The lowest BCUT2D eigenvalue weighted by Gasteiger charge is -2.52. The van der Waals surface area contributed by atoms with Crippen molar-refractivity contribution in [2.75, 3.05) is 0 Å². The zero-order valence-electron chi connectivity index (χ0n) is 38.4. The van der Waals surface area contributed by atoms with Crippen LogP contribution in [0.5, 0.6) is 0 Å². The smallest absolute Gasteiger partial charge is 0.504 e. The Labute approximate surface area is 366 Å². The molecule has 4 N–H and O–H groups in total. The number of fused-ring (bicyclic) bond motifs is 6. The molecular weight excluding hydrogens is 805 g/mol. The van der Waals surface area contributed by atoms with Gasteiger partial charge in [0.05, 0.1) is 36.6 Å². The summed E-state index contributed by atoms with van der Waals surface area (Å²) in [7, 11) is 0. The number of carbonyl (C=O) groups is 3. The maximum atomic E-state index is 15.0. The van der Waals surface area contributed by atoms with Gasteiger partial charge in [-0.1, -0.05) is 67.5 Å². The Hall–Kier alpha value is -2.19. The van der Waals surface area contributed by atoms with Crippen LogP contribution in [0.4, 0.5) is 0 Å². The third-order valence-corrected chi connectivity index (χ3v) is 15.5. The molecule has 62 heavy (non-hydrogen) atoms. The number of carbonyl (C=O) groups excluding carboxylic acids is 3. The number of hydrogen-bond acceptors (Lipinski definition) is 16. The van der Waals surface area contributed by atoms with Crippen molar-refractivity contribution < 1.29 is 71.6 Å². The van der Waals surface area contributed by atoms with E-state index in [1.807, 2.05) is 74.5 Å². The molecule has 17 heteroatoms. The second-order valence-electron chi connectivity index (χ2n) is 20.9. The van der Waals surface area contributed by atoms with Gasteiger partial charge >= 0.3 is 24.9 Å². The maximum Gasteiger partial charge on any atom is 0.536 e. The first-order chi connectivity index (χ1) is 29.0. The van der Waals surface area contributed by atoms with Gasteiger partial charge < -0.3 is 63.0 Å². The van der Waals surface area contributed by atoms with E-state index < -0.39 is 126 Å². The molecule has 0 radical (unpaired) electrons. The zero-order chi connectivity index (χ0) is 45.2. The molecule has 0 saturated carbocycles. The fraction of sp³-hybridized carbons (Fsp3) is 0.889. The van der Waals surface area contributed by atoms with E-state index in [4.69, 9.17) is 52.8 Å². The van der Waals surface area contributed by atoms with Gasteiger partial charge in [-0.2, -0.15) is 0 Å². The topological polar surface area (TPSA) is 210 Å². The third-order valence-electron chi connectivity index (χ3n) is 15.5. The Kier molecular flexibility index (Phi) is 13.8. The SMILES string of the molecule is CC(C)[C@@H](N)C(=O)O[C@H](C)[C@@H]1CC=CCC[C@H](O)C(C)(C)[C@@H]2CC[C@@H](C)[C@]3(O2)O[B-]24OC(C(=O)O1)[C@@]1(O[C@@H](CC[C@H]1C)C(C)(C)[C@H](O)CCC[C@@H]1C[C@H](OC(=O)C3O2)[C@@H](C)O1)O4. The molecule has 17 atom stereocenters. The summed E-state index contributed by atoms with van der Waals surface area (Å²) in [5.41, 5.74) is 4.48. The average molecular weight is 879 g/mol. The number of ether oxygens (including phenoxy) is 6. The molecule has 16 nitrogen and oxygen atoms in total. The Morgan fingerprint density at radius 3 is 1.90 bits per heavy atom. The third kappa shape index (κ3) is 8.78. The van der Waals surface area contributed by atoms with Crippen molar-refractivity contribution in [3.63, 3.8) is 0 Å². The number of aliphatic hydroxyl groups is 2. The highest BCUT2D eigenvalue weighted by Gasteiger charge is 2.73. The van der Waals surface area contributed by atoms with Gasteiger partial charge in [-0.3, -0.25) is 4.79 Å². The van der Waals surface area contributed by atoms with Crippen LogP contribution >= 0.6 is 0 Å². The lowest BCUT2D eigenvalue weighted by atomic mass is 9.73. The van der Waals surface area contributed by atoms with Gasteiger partial charge in [0.2, 0.25) is 0 Å². The van der Waals surface area contributed by atoms with Crippen molar-refractivity contribution >= 4 is 24.9 Å². The van der Waals surface area contributed by atoms with Crippen molar-refractivity contribution in [1.82, 2.24) is 0 Å². The van der Waals surface area contributed by atoms with Gasteiger partial charge in [0.15, 0.2) is 23.8 Å². The van der Waals surface area contributed by atoms with E-state index in [1.54, 1.807) is 6.92 Å². The second kappa shape index (κ2) is 17.9. The number of esters is 3. The molecule has 7 aliphatic heterocycles. The molecule has 3 spiro atoms. The number of cyclic esters (lactones) is 1. The highest BCUT2D eigenvalue weighted by atomic mass is 17.0. The molecule has 9 bridgehead atoms. The summed E-state index contributed by atoms with van der Waals surface area (Å²) in [6.07, 6.45) is -0.362. The van der Waals surface area contributed by atoms with E-state index in [1.165, 1.54) is 0 Å². The highest BCUT2D eigenvalue weighted by Crippen LogP contribution is 2.57. The molecule has 0 aliphatic carbocycles. The minimum Gasteiger partial charge on any atom is -0.504 e. The molecule has 6 fully saturated rings. The molecule has 0 aromatic rings. The van der Waals surface area contributed by atoms with Crippen LogP contribution in [0.1, 0.15) is 140 Å². The van der Waals surface area contributed by atoms with Crippen LogP contribution in [-0.4, -0.2) is 120 Å². The second-order valence-corrected chi connectivity index (χ2v) is 20.9. The van der Waals surface area contributed by atoms with Crippen LogP contribution in [0.2, 0.25) is 0 Å². The minimum absolute atomic E-state index is 0.142. The van der Waals surface area contributed by atoms with Crippen molar-refractivity contribution in [2.24, 2.45) is 34.3 Å². The van der Waals surface area contributed by atoms with Crippen LogP contribution in [0.3, 0.4) is 0 Å². The summed E-state index contributed by atoms with van der Waals surface area (Å²) in [4.78, 5) is 42.9. The average Bonchev–Trinajstić information content (AvgIpc) is 3.84. The summed E-state index contributed by atoms with van der Waals surface area (Å²) >= 11 is 0. The predicted molar refractivity (Wildman–Crippen MR) is 223 cm³/mol. The molecule has 7 aliphatic rings. The molecule has 0 amide bonds. The number of nitrogens with two attached hydrogens (primary N) is 1. The first-order valence-electron chi connectivity index (χ1n) is 23.3. The summed E-state index contributed by atoms with van der Waals surface area (Å²) in [6.45, 7) is 15.1. The molecule has 7 rings (SSSR count). The van der Waals surface area contributed by atoms with Crippen LogP contribution in [0.25, 0.3) is 0 Å². The molecule has 3 unspecified atom stereocenters. The van der Waals surface area contributed by atoms with Gasteiger partial charge in [0.25, 0.3) is 0 Å². The Morgan fingerprint density at radius 1 is 0.790 bits per heavy atom. The van der Waals surface area contributed by atoms with E-state index >= 15 is 4.79 Å². The van der Waals surface area contributed by atoms with Gasteiger partial charge in [-0.15, -0.1) is 0 Å². The van der Waals surface area contributed by atoms with E-state index in [0.29, 0.717) is 64.2 Å². The van der Waals surface area contributed by atoms with Gasteiger partial charge in [-0.25, -0.2) is 9.59 Å². The zero-order valence-corrected chi connectivity index (χ0v) is 38.4. The van der Waals surface area contributed by atoms with E-state index in [-0.39, 0.29) is 18.4 Å². The standard InChI is InChI=1S/C45H73BNO15/c1-24(2)36(47)39(50)54-27(5)30-16-12-11-13-17-32(48)42(7,8)34-21-19-26(4)45(57-34)38-41(52)56-31-23-29(53-28(31)6)15-14-18-33(49)43(9,10)35-22-20-25(3)44(58-35)37(40(51)55-30)59-46(60-38,61-44)62-45/h11-12,24-38,48-49H,13-23,47H2,1-10H3/q-1/t25-,26-,27-,28-,29-,30+,31+,32+,33-,34+,35+,36-,37?,38?,44+,45+,46?/m1/s1. The Balaban J connectivity index is 1.36. The normalized spacial score (nSPS) is 45.8. The largest absolute Gasteiger partial charge is 0.536 e. The fourth-order valence-corrected chi connectivity index (χ4v) is 10.6. The van der Waals surface area contributed by atoms with Crippen LogP contribution in [0.15, 0.2) is 12.2 Å². The number of rotatable bonds is 4. The van der Waals surface area contributed by atoms with Crippen molar-refractivity contribution in [3.8, 4) is 0 Å². The van der Waals surface area contributed by atoms with Gasteiger partial charge in [0, 0.05) is 35.5 Å². The number of hydrogen-bond donors (Lipinski definition) is 3. The van der Waals surface area contributed by atoms with Crippen LogP contribution in [-0.2, 0) is 61.4 Å². The Morgan fingerprint density at radius 2 is 1.34 bits per heavy atom. The lowest BCUT2D eigenvalue weighted by molar-refractivity contribution is -0.311. The van der Waals surface area contributed by atoms with E-state index in [2.05, 4.69) is 0 Å². The molecule has 6 saturated heterocycles. The van der Waals surface area contributed by atoms with E-state index in [9.17, 15) is 19.8 Å². The number of allylic oxidation sites excluding steroid dienone is 1. The van der Waals surface area contributed by atoms with Gasteiger partial charge in [-0.05, 0) is 77.6 Å². The Bertz CT molecular complexity index is 1680. The van der Waals surface area contributed by atoms with Crippen molar-refractivity contribution in [1.29, 1.82) is 0 Å². The monoisotopic (exact) mass is 879 g/mol. The summed E-state index contributed by atoms with van der Waals surface area (Å²) in [5, 5.41) is 23.6. The van der Waals surface area contributed by atoms with Crippen molar-refractivity contribution in [3.05, 3.63) is 12.2 Å². The predicted octanol–water partition coefficient (Wildman–Crippen LogP) is 4.89. The fourth-order valence-electron chi connectivity index (χ4n) is 10.6. The van der Waals surface area contributed by atoms with E-state index in [0.717, 1.165) is 0 Å². The van der Waals surface area contributed by atoms with Crippen LogP contribution in [0, 0.1) is 28.6 Å². The first-order valence-corrected chi connectivity index (χ1v) is 23.3. The molecular formula is C45H73BNO15-.